The molecule has 1 fully saturated rings. The fourth-order valence-electron chi connectivity index (χ4n) is 4.62. The molecule has 176 valence electrons. The van der Waals surface area contributed by atoms with Crippen molar-refractivity contribution in [2.45, 2.75) is 65.5 Å². The maximum atomic E-state index is 12.8. The normalized spacial score (nSPS) is 21.2. The van der Waals surface area contributed by atoms with Crippen LogP contribution in [0.5, 0.6) is 0 Å². The number of imidazole rings is 1. The van der Waals surface area contributed by atoms with Crippen LogP contribution in [0.4, 0.5) is 4.79 Å². The van der Waals surface area contributed by atoms with Crippen LogP contribution < -0.4 is 16.3 Å². The van der Waals surface area contributed by atoms with E-state index in [0.717, 1.165) is 36.0 Å². The highest BCUT2D eigenvalue weighted by molar-refractivity contribution is 6.05. The molecular weight excluding hydrogens is 422 g/mol. The van der Waals surface area contributed by atoms with E-state index in [2.05, 4.69) is 37.5 Å². The van der Waals surface area contributed by atoms with Gasteiger partial charge in [-0.25, -0.2) is 14.6 Å². The molecule has 0 spiro atoms. The lowest BCUT2D eigenvalue weighted by molar-refractivity contribution is -0.125. The number of rotatable bonds is 6. The van der Waals surface area contributed by atoms with Crippen molar-refractivity contribution in [3.8, 4) is 0 Å². The van der Waals surface area contributed by atoms with Crippen molar-refractivity contribution in [2.24, 2.45) is 18.4 Å². The molecule has 0 aromatic carbocycles. The Morgan fingerprint density at radius 2 is 1.94 bits per heavy atom. The monoisotopic (exact) mass is 453 g/mol. The van der Waals surface area contributed by atoms with Crippen molar-refractivity contribution in [3.63, 3.8) is 0 Å². The number of carbonyl (C=O) groups excluding carboxylic acids is 3. The standard InChI is InChI=1S/C24H31N5O4/c1-24(2,3)13-29-19-10-9-17(25-20(19)28(4)23(29)33)15-7-5-14(6-8-15)11-16(30)12-18-21(31)27-22(32)26-18/h7,9-10,14,18H,5-6,8,11-13H2,1-4H3,(H2,26,27,31,32). The summed E-state index contributed by atoms with van der Waals surface area (Å²) in [5.41, 5.74) is 3.41. The Hall–Kier alpha value is -3.23. The van der Waals surface area contributed by atoms with Crippen LogP contribution in [-0.2, 0) is 23.2 Å². The molecule has 2 N–H and O–H groups in total. The van der Waals surface area contributed by atoms with E-state index in [4.69, 9.17) is 4.98 Å². The van der Waals surface area contributed by atoms with Crippen LogP contribution in [0.15, 0.2) is 23.0 Å². The average Bonchev–Trinajstić information content (AvgIpc) is 3.17. The summed E-state index contributed by atoms with van der Waals surface area (Å²) in [6, 6.07) is 2.65. The van der Waals surface area contributed by atoms with Gasteiger partial charge in [0.05, 0.1) is 11.2 Å². The van der Waals surface area contributed by atoms with E-state index in [9.17, 15) is 19.2 Å². The fraction of sp³-hybridized carbons (Fsp3) is 0.542. The number of aromatic nitrogens is 3. The molecule has 2 aromatic heterocycles. The molecule has 2 aliphatic rings. The highest BCUT2D eigenvalue weighted by Gasteiger charge is 2.32. The third-order valence-corrected chi connectivity index (χ3v) is 6.27. The van der Waals surface area contributed by atoms with Gasteiger partial charge in [0.25, 0.3) is 5.91 Å². The predicted octanol–water partition coefficient (Wildman–Crippen LogP) is 2.52. The van der Waals surface area contributed by atoms with Crippen LogP contribution in [-0.4, -0.2) is 37.9 Å². The van der Waals surface area contributed by atoms with Gasteiger partial charge < -0.3 is 5.32 Å². The molecule has 1 saturated heterocycles. The first-order valence-electron chi connectivity index (χ1n) is 11.4. The first-order valence-corrected chi connectivity index (χ1v) is 11.4. The number of amides is 3. The molecule has 2 atom stereocenters. The van der Waals surface area contributed by atoms with Crippen molar-refractivity contribution < 1.29 is 14.4 Å². The largest absolute Gasteiger partial charge is 0.330 e. The number of fused-ring (bicyclic) bond motifs is 1. The van der Waals surface area contributed by atoms with Crippen LogP contribution in [0.3, 0.4) is 0 Å². The summed E-state index contributed by atoms with van der Waals surface area (Å²) < 4.78 is 3.39. The van der Waals surface area contributed by atoms with Gasteiger partial charge in [-0.1, -0.05) is 26.8 Å². The molecule has 2 aromatic rings. The van der Waals surface area contributed by atoms with Gasteiger partial charge >= 0.3 is 11.7 Å². The van der Waals surface area contributed by atoms with E-state index in [-0.39, 0.29) is 29.2 Å². The molecule has 33 heavy (non-hydrogen) atoms. The Labute approximate surface area is 192 Å². The zero-order chi connectivity index (χ0) is 23.9. The second kappa shape index (κ2) is 8.61. The number of allylic oxidation sites excluding steroid dienone is 2. The van der Waals surface area contributed by atoms with Gasteiger partial charge in [0, 0.05) is 26.4 Å². The van der Waals surface area contributed by atoms with E-state index in [1.807, 2.05) is 12.1 Å². The summed E-state index contributed by atoms with van der Waals surface area (Å²) in [6.07, 6.45) is 4.96. The Bertz CT molecular complexity index is 1210. The average molecular weight is 454 g/mol. The van der Waals surface area contributed by atoms with Crippen LogP contribution in [0.2, 0.25) is 0 Å². The second-order valence-electron chi connectivity index (χ2n) is 10.4. The minimum absolute atomic E-state index is 0.0195. The van der Waals surface area contributed by atoms with Crippen molar-refractivity contribution in [3.05, 3.63) is 34.4 Å². The van der Waals surface area contributed by atoms with E-state index < -0.39 is 18.0 Å². The van der Waals surface area contributed by atoms with Gasteiger partial charge in [-0.2, -0.15) is 0 Å². The summed E-state index contributed by atoms with van der Waals surface area (Å²) in [7, 11) is 1.75. The summed E-state index contributed by atoms with van der Waals surface area (Å²) >= 11 is 0. The van der Waals surface area contributed by atoms with Crippen LogP contribution in [0.1, 0.15) is 58.6 Å². The summed E-state index contributed by atoms with van der Waals surface area (Å²) in [5, 5.41) is 4.62. The third kappa shape index (κ3) is 4.91. The van der Waals surface area contributed by atoms with Crippen LogP contribution >= 0.6 is 0 Å². The van der Waals surface area contributed by atoms with Gasteiger partial charge in [0.2, 0.25) is 0 Å². The maximum Gasteiger partial charge on any atom is 0.330 e. The molecule has 1 aliphatic carbocycles. The molecule has 0 radical (unpaired) electrons. The van der Waals surface area contributed by atoms with Crippen LogP contribution in [0.25, 0.3) is 16.7 Å². The highest BCUT2D eigenvalue weighted by Crippen LogP contribution is 2.32. The van der Waals surface area contributed by atoms with E-state index in [1.54, 1.807) is 16.2 Å². The molecular formula is C24H31N5O4. The lowest BCUT2D eigenvalue weighted by atomic mass is 9.84. The lowest BCUT2D eigenvalue weighted by Gasteiger charge is -2.21. The molecule has 2 unspecified atom stereocenters. The zero-order valence-electron chi connectivity index (χ0n) is 19.6. The summed E-state index contributed by atoms with van der Waals surface area (Å²) in [6.45, 7) is 6.93. The van der Waals surface area contributed by atoms with Crippen molar-refractivity contribution in [1.29, 1.82) is 0 Å². The molecule has 0 saturated carbocycles. The molecule has 3 heterocycles. The number of ketones is 1. The van der Waals surface area contributed by atoms with Crippen LogP contribution in [0, 0.1) is 11.3 Å². The number of hydrogen-bond acceptors (Lipinski definition) is 5. The Balaban J connectivity index is 1.44. The molecule has 3 amide bonds. The summed E-state index contributed by atoms with van der Waals surface area (Å²) in [5.74, 6) is -0.248. The SMILES string of the molecule is Cn1c(=O)n(CC(C)(C)C)c2ccc(C3=CCC(CC(=O)CC4NC(=O)NC4=O)CC3)nc21. The molecule has 1 aliphatic heterocycles. The number of Topliss-reactive ketones (excluding diaryl/α,β-unsaturated/α-hetero) is 1. The smallest absolute Gasteiger partial charge is 0.326 e. The number of pyridine rings is 1. The molecule has 9 nitrogen and oxygen atoms in total. The van der Waals surface area contributed by atoms with E-state index >= 15 is 0 Å². The van der Waals surface area contributed by atoms with E-state index in [0.29, 0.717) is 18.6 Å². The highest BCUT2D eigenvalue weighted by atomic mass is 16.2. The minimum atomic E-state index is -0.757. The molecule has 9 heteroatoms. The number of hydrogen-bond donors (Lipinski definition) is 2. The maximum absolute atomic E-state index is 12.8. The quantitative estimate of drug-likeness (QED) is 0.652. The number of aryl methyl sites for hydroxylation is 1. The number of nitrogens with one attached hydrogen (secondary N) is 2. The van der Waals surface area contributed by atoms with Crippen molar-refractivity contribution in [1.82, 2.24) is 24.8 Å². The topological polar surface area (TPSA) is 115 Å². The second-order valence-corrected chi connectivity index (χ2v) is 10.4. The number of nitrogens with zero attached hydrogens (tertiary/aromatic N) is 3. The number of urea groups is 1. The third-order valence-electron chi connectivity index (χ3n) is 6.27. The number of carbonyl (C=O) groups is 3. The van der Waals surface area contributed by atoms with Gasteiger partial charge in [-0.05, 0) is 48.3 Å². The molecule has 0 bridgehead atoms. The van der Waals surface area contributed by atoms with Gasteiger partial charge in [0.15, 0.2) is 5.65 Å². The first-order chi connectivity index (χ1) is 15.5. The van der Waals surface area contributed by atoms with Crippen molar-refractivity contribution >= 4 is 34.5 Å². The Morgan fingerprint density at radius 1 is 1.18 bits per heavy atom. The Kier molecular flexibility index (Phi) is 5.99. The number of imide groups is 1. The van der Waals surface area contributed by atoms with Gasteiger partial charge in [-0.3, -0.25) is 24.0 Å². The zero-order valence-corrected chi connectivity index (χ0v) is 19.6. The van der Waals surface area contributed by atoms with Crippen molar-refractivity contribution in [2.75, 3.05) is 0 Å². The first kappa shape index (κ1) is 22.9. The van der Waals surface area contributed by atoms with Gasteiger partial charge in [0.1, 0.15) is 11.8 Å². The van der Waals surface area contributed by atoms with E-state index in [1.165, 1.54) is 0 Å². The molecule has 4 rings (SSSR count). The fourth-order valence-corrected chi connectivity index (χ4v) is 4.62. The lowest BCUT2D eigenvalue weighted by Crippen LogP contribution is -2.32. The van der Waals surface area contributed by atoms with Gasteiger partial charge in [-0.15, -0.1) is 0 Å². The predicted molar refractivity (Wildman–Crippen MR) is 124 cm³/mol. The minimum Gasteiger partial charge on any atom is -0.326 e. The Morgan fingerprint density at radius 3 is 2.55 bits per heavy atom. The summed E-state index contributed by atoms with van der Waals surface area (Å²) in [4.78, 5) is 52.8.